The molecule has 0 saturated heterocycles. The lowest BCUT2D eigenvalue weighted by molar-refractivity contribution is -0.0386. The lowest BCUT2D eigenvalue weighted by atomic mass is 9.85. The number of furan rings is 1. The Hall–Kier alpha value is -0.800. The molecule has 0 saturated carbocycles. The highest BCUT2D eigenvalue weighted by Gasteiger charge is 2.34. The quantitative estimate of drug-likeness (QED) is 0.788. The molecule has 80 valence electrons. The summed E-state index contributed by atoms with van der Waals surface area (Å²) in [6, 6.07) is 1.77. The van der Waals surface area contributed by atoms with E-state index in [0.717, 1.165) is 18.4 Å². The molecule has 1 aromatic heterocycles. The van der Waals surface area contributed by atoms with Crippen molar-refractivity contribution in [1.82, 2.24) is 0 Å². The summed E-state index contributed by atoms with van der Waals surface area (Å²) in [6.07, 6.45) is 5.11. The van der Waals surface area contributed by atoms with Crippen molar-refractivity contribution in [3.63, 3.8) is 0 Å². The van der Waals surface area contributed by atoms with Gasteiger partial charge in [-0.25, -0.2) is 0 Å². The Bertz CT molecular complexity index is 244. The minimum absolute atomic E-state index is 0.124. The van der Waals surface area contributed by atoms with Crippen LogP contribution in [-0.2, 0) is 4.74 Å². The molecule has 1 aromatic rings. The number of rotatable bonds is 5. The lowest BCUT2D eigenvalue weighted by Crippen LogP contribution is -2.41. The van der Waals surface area contributed by atoms with Crippen molar-refractivity contribution >= 4 is 0 Å². The monoisotopic (exact) mass is 197 g/mol. The first kappa shape index (κ1) is 11.3. The maximum atomic E-state index is 6.17. The summed E-state index contributed by atoms with van der Waals surface area (Å²) in [5.41, 5.74) is 6.89. The molecule has 1 unspecified atom stereocenters. The Morgan fingerprint density at radius 2 is 2.14 bits per heavy atom. The highest BCUT2D eigenvalue weighted by Crippen LogP contribution is 2.32. The molecule has 1 atom stereocenters. The standard InChI is InChI=1S/C11H19NO2/c1-4-11(5-2,13-3)10(12)9-6-7-14-8-9/h6-8,10H,4-5,12H2,1-3H3. The third-order valence-corrected chi connectivity index (χ3v) is 3.07. The molecule has 0 radical (unpaired) electrons. The normalized spacial score (nSPS) is 14.3. The van der Waals surface area contributed by atoms with Gasteiger partial charge in [0.2, 0.25) is 0 Å². The first-order valence-electron chi connectivity index (χ1n) is 5.03. The van der Waals surface area contributed by atoms with Crippen LogP contribution in [0.5, 0.6) is 0 Å². The van der Waals surface area contributed by atoms with Crippen LogP contribution in [0.1, 0.15) is 38.3 Å². The summed E-state index contributed by atoms with van der Waals surface area (Å²) >= 11 is 0. The lowest BCUT2D eigenvalue weighted by Gasteiger charge is -2.35. The van der Waals surface area contributed by atoms with Crippen molar-refractivity contribution in [3.05, 3.63) is 24.2 Å². The van der Waals surface area contributed by atoms with E-state index in [1.54, 1.807) is 19.6 Å². The highest BCUT2D eigenvalue weighted by atomic mass is 16.5. The number of hydrogen-bond acceptors (Lipinski definition) is 3. The second kappa shape index (κ2) is 4.62. The van der Waals surface area contributed by atoms with E-state index in [9.17, 15) is 0 Å². The van der Waals surface area contributed by atoms with Crippen molar-refractivity contribution in [1.29, 1.82) is 0 Å². The SMILES string of the molecule is CCC(CC)(OC)C(N)c1ccoc1. The van der Waals surface area contributed by atoms with Crippen molar-refractivity contribution < 1.29 is 9.15 Å². The van der Waals surface area contributed by atoms with Gasteiger partial charge >= 0.3 is 0 Å². The zero-order chi connectivity index (χ0) is 10.6. The van der Waals surface area contributed by atoms with Crippen LogP contribution in [0.4, 0.5) is 0 Å². The van der Waals surface area contributed by atoms with Crippen LogP contribution in [0, 0.1) is 0 Å². The molecule has 0 aliphatic carbocycles. The molecule has 0 bridgehead atoms. The molecule has 14 heavy (non-hydrogen) atoms. The topological polar surface area (TPSA) is 48.4 Å². The van der Waals surface area contributed by atoms with Gasteiger partial charge in [0.05, 0.1) is 24.2 Å². The molecule has 0 aliphatic rings. The van der Waals surface area contributed by atoms with E-state index in [2.05, 4.69) is 13.8 Å². The van der Waals surface area contributed by atoms with Crippen LogP contribution in [-0.4, -0.2) is 12.7 Å². The first-order valence-corrected chi connectivity index (χ1v) is 5.03. The van der Waals surface area contributed by atoms with Crippen LogP contribution in [0.3, 0.4) is 0 Å². The summed E-state index contributed by atoms with van der Waals surface area (Å²) < 4.78 is 10.6. The molecule has 3 heteroatoms. The maximum absolute atomic E-state index is 6.17. The predicted molar refractivity (Wildman–Crippen MR) is 56.0 cm³/mol. The Labute approximate surface area is 85.2 Å². The summed E-state index contributed by atoms with van der Waals surface area (Å²) in [4.78, 5) is 0. The molecule has 0 amide bonds. The second-order valence-electron chi connectivity index (χ2n) is 3.51. The Kier molecular flexibility index (Phi) is 3.72. The molecular formula is C11H19NO2. The largest absolute Gasteiger partial charge is 0.472 e. The molecule has 1 rings (SSSR count). The number of methoxy groups -OCH3 is 1. The average molecular weight is 197 g/mol. The molecule has 0 fully saturated rings. The van der Waals surface area contributed by atoms with E-state index < -0.39 is 0 Å². The van der Waals surface area contributed by atoms with Gasteiger partial charge in [0.25, 0.3) is 0 Å². The number of ether oxygens (including phenoxy) is 1. The number of hydrogen-bond donors (Lipinski definition) is 1. The van der Waals surface area contributed by atoms with Gasteiger partial charge in [-0.2, -0.15) is 0 Å². The summed E-state index contributed by atoms with van der Waals surface area (Å²) in [6.45, 7) is 4.18. The molecule has 0 spiro atoms. The number of nitrogens with two attached hydrogens (primary N) is 1. The van der Waals surface area contributed by atoms with E-state index in [1.807, 2.05) is 6.07 Å². The Morgan fingerprint density at radius 1 is 1.50 bits per heavy atom. The fourth-order valence-corrected chi connectivity index (χ4v) is 1.86. The van der Waals surface area contributed by atoms with E-state index >= 15 is 0 Å². The van der Waals surface area contributed by atoms with Crippen molar-refractivity contribution in [2.24, 2.45) is 5.73 Å². The Balaban J connectivity index is 2.89. The highest BCUT2D eigenvalue weighted by molar-refractivity contribution is 5.16. The smallest absolute Gasteiger partial charge is 0.0951 e. The average Bonchev–Trinajstić information content (AvgIpc) is 2.74. The predicted octanol–water partition coefficient (Wildman–Crippen LogP) is 2.48. The van der Waals surface area contributed by atoms with Gasteiger partial charge in [-0.15, -0.1) is 0 Å². The molecule has 3 nitrogen and oxygen atoms in total. The zero-order valence-electron chi connectivity index (χ0n) is 9.12. The minimum atomic E-state index is -0.274. The van der Waals surface area contributed by atoms with Gasteiger partial charge in [0.1, 0.15) is 0 Å². The fourth-order valence-electron chi connectivity index (χ4n) is 1.86. The van der Waals surface area contributed by atoms with Gasteiger partial charge in [0, 0.05) is 12.7 Å². The van der Waals surface area contributed by atoms with Crippen LogP contribution in [0.15, 0.2) is 23.0 Å². The van der Waals surface area contributed by atoms with Crippen molar-refractivity contribution in [2.75, 3.05) is 7.11 Å². The van der Waals surface area contributed by atoms with Gasteiger partial charge in [0.15, 0.2) is 0 Å². The van der Waals surface area contributed by atoms with Gasteiger partial charge in [-0.3, -0.25) is 0 Å². The zero-order valence-corrected chi connectivity index (χ0v) is 9.12. The second-order valence-corrected chi connectivity index (χ2v) is 3.51. The third kappa shape index (κ3) is 1.83. The van der Waals surface area contributed by atoms with E-state index in [-0.39, 0.29) is 11.6 Å². The van der Waals surface area contributed by atoms with Crippen LogP contribution >= 0.6 is 0 Å². The third-order valence-electron chi connectivity index (χ3n) is 3.07. The summed E-state index contributed by atoms with van der Waals surface area (Å²) in [5, 5.41) is 0. The van der Waals surface area contributed by atoms with Gasteiger partial charge < -0.3 is 14.9 Å². The van der Waals surface area contributed by atoms with E-state index in [1.165, 1.54) is 0 Å². The maximum Gasteiger partial charge on any atom is 0.0951 e. The minimum Gasteiger partial charge on any atom is -0.472 e. The van der Waals surface area contributed by atoms with Crippen molar-refractivity contribution in [2.45, 2.75) is 38.3 Å². The molecule has 0 aliphatic heterocycles. The van der Waals surface area contributed by atoms with Gasteiger partial charge in [-0.1, -0.05) is 13.8 Å². The first-order chi connectivity index (χ1) is 6.70. The van der Waals surface area contributed by atoms with Gasteiger partial charge in [-0.05, 0) is 18.9 Å². The van der Waals surface area contributed by atoms with Crippen LogP contribution < -0.4 is 5.73 Å². The van der Waals surface area contributed by atoms with E-state index in [4.69, 9.17) is 14.9 Å². The molecule has 1 heterocycles. The van der Waals surface area contributed by atoms with E-state index in [0.29, 0.717) is 0 Å². The molecule has 0 aromatic carbocycles. The molecular weight excluding hydrogens is 178 g/mol. The summed E-state index contributed by atoms with van der Waals surface area (Å²) in [5.74, 6) is 0. The van der Waals surface area contributed by atoms with Crippen molar-refractivity contribution in [3.8, 4) is 0 Å². The molecule has 2 N–H and O–H groups in total. The van der Waals surface area contributed by atoms with Crippen LogP contribution in [0.2, 0.25) is 0 Å². The fraction of sp³-hybridized carbons (Fsp3) is 0.636. The summed E-state index contributed by atoms with van der Waals surface area (Å²) in [7, 11) is 1.72. The van der Waals surface area contributed by atoms with Crippen LogP contribution in [0.25, 0.3) is 0 Å². The Morgan fingerprint density at radius 3 is 2.50 bits per heavy atom.